The highest BCUT2D eigenvalue weighted by atomic mass is 16.5. The molecule has 0 unspecified atom stereocenters. The number of furan rings is 1. The van der Waals surface area contributed by atoms with E-state index >= 15 is 0 Å². The summed E-state index contributed by atoms with van der Waals surface area (Å²) in [6.45, 7) is 1.97. The molecule has 0 radical (unpaired) electrons. The molecule has 5 nitrogen and oxygen atoms in total. The molecule has 0 aromatic carbocycles. The second-order valence-electron chi connectivity index (χ2n) is 4.25. The maximum atomic E-state index is 5.94. The Morgan fingerprint density at radius 1 is 1.22 bits per heavy atom. The first kappa shape index (κ1) is 11.2. The zero-order valence-electron chi connectivity index (χ0n) is 10.0. The lowest BCUT2D eigenvalue weighted by Crippen LogP contribution is -2.34. The van der Waals surface area contributed by atoms with Crippen LogP contribution in [0.25, 0.3) is 11.5 Å². The van der Waals surface area contributed by atoms with Gasteiger partial charge in [0.1, 0.15) is 6.10 Å². The Labute approximate surface area is 105 Å². The third kappa shape index (κ3) is 2.36. The van der Waals surface area contributed by atoms with Gasteiger partial charge in [-0.2, -0.15) is 0 Å². The van der Waals surface area contributed by atoms with Crippen molar-refractivity contribution in [3.05, 3.63) is 30.8 Å². The van der Waals surface area contributed by atoms with Crippen LogP contribution in [0.1, 0.15) is 12.8 Å². The lowest BCUT2D eigenvalue weighted by atomic mass is 10.1. The van der Waals surface area contributed by atoms with Crippen LogP contribution in [0.2, 0.25) is 0 Å². The quantitative estimate of drug-likeness (QED) is 0.894. The third-order valence-electron chi connectivity index (χ3n) is 2.98. The number of hydrogen-bond acceptors (Lipinski definition) is 5. The van der Waals surface area contributed by atoms with Crippen molar-refractivity contribution in [1.82, 2.24) is 15.3 Å². The topological polar surface area (TPSA) is 60.2 Å². The van der Waals surface area contributed by atoms with Gasteiger partial charge in [0.2, 0.25) is 5.88 Å². The zero-order chi connectivity index (χ0) is 12.2. The van der Waals surface area contributed by atoms with E-state index in [0.717, 1.165) is 25.9 Å². The Kier molecular flexibility index (Phi) is 3.23. The van der Waals surface area contributed by atoms with Gasteiger partial charge in [-0.3, -0.25) is 0 Å². The van der Waals surface area contributed by atoms with Gasteiger partial charge in [0.15, 0.2) is 11.5 Å². The van der Waals surface area contributed by atoms with Crippen LogP contribution in [0.4, 0.5) is 0 Å². The first-order valence-electron chi connectivity index (χ1n) is 6.16. The predicted octanol–water partition coefficient (Wildman–Crippen LogP) is 1.87. The molecule has 1 aliphatic rings. The van der Waals surface area contributed by atoms with E-state index in [1.807, 2.05) is 12.1 Å². The van der Waals surface area contributed by atoms with Crippen molar-refractivity contribution in [2.75, 3.05) is 13.1 Å². The van der Waals surface area contributed by atoms with Crippen molar-refractivity contribution >= 4 is 0 Å². The van der Waals surface area contributed by atoms with Crippen molar-refractivity contribution in [2.45, 2.75) is 18.9 Å². The molecule has 3 heterocycles. The molecule has 0 bridgehead atoms. The molecule has 1 fully saturated rings. The maximum Gasteiger partial charge on any atom is 0.244 e. The van der Waals surface area contributed by atoms with Crippen molar-refractivity contribution in [3.63, 3.8) is 0 Å². The molecular formula is C13H15N3O2. The normalized spacial score (nSPS) is 16.7. The largest absolute Gasteiger partial charge is 0.473 e. The van der Waals surface area contributed by atoms with Crippen LogP contribution in [0.3, 0.4) is 0 Å². The van der Waals surface area contributed by atoms with Gasteiger partial charge in [-0.15, -0.1) is 0 Å². The van der Waals surface area contributed by atoms with Crippen LogP contribution < -0.4 is 10.1 Å². The van der Waals surface area contributed by atoms with Crippen LogP contribution in [0, 0.1) is 0 Å². The summed E-state index contributed by atoms with van der Waals surface area (Å²) < 4.78 is 11.3. The molecule has 2 aromatic heterocycles. The highest BCUT2D eigenvalue weighted by molar-refractivity contribution is 5.57. The van der Waals surface area contributed by atoms with Crippen LogP contribution >= 0.6 is 0 Å². The molecule has 3 rings (SSSR count). The average Bonchev–Trinajstić information content (AvgIpc) is 2.94. The van der Waals surface area contributed by atoms with E-state index in [2.05, 4.69) is 15.3 Å². The molecule has 2 aromatic rings. The molecule has 1 N–H and O–H groups in total. The average molecular weight is 245 g/mol. The molecule has 5 heteroatoms. The van der Waals surface area contributed by atoms with Crippen LogP contribution in [0.5, 0.6) is 5.88 Å². The van der Waals surface area contributed by atoms with E-state index < -0.39 is 0 Å². The molecule has 0 amide bonds. The number of rotatable bonds is 3. The zero-order valence-corrected chi connectivity index (χ0v) is 10.0. The van der Waals surface area contributed by atoms with Gasteiger partial charge in [-0.05, 0) is 38.1 Å². The summed E-state index contributed by atoms with van der Waals surface area (Å²) in [7, 11) is 0. The van der Waals surface area contributed by atoms with E-state index in [1.165, 1.54) is 0 Å². The molecule has 1 aliphatic heterocycles. The fraction of sp³-hybridized carbons (Fsp3) is 0.385. The van der Waals surface area contributed by atoms with Crippen molar-refractivity contribution in [1.29, 1.82) is 0 Å². The highest BCUT2D eigenvalue weighted by Crippen LogP contribution is 2.27. The summed E-state index contributed by atoms with van der Waals surface area (Å²) in [4.78, 5) is 8.55. The number of aromatic nitrogens is 2. The molecule has 18 heavy (non-hydrogen) atoms. The standard InChI is InChI=1S/C13H15N3O2/c1-2-11(17-9-1)12-13(16-8-7-15-12)18-10-3-5-14-6-4-10/h1-2,7-10,14H,3-6H2. The minimum absolute atomic E-state index is 0.205. The number of piperidine rings is 1. The first-order valence-corrected chi connectivity index (χ1v) is 6.16. The van der Waals surface area contributed by atoms with E-state index in [-0.39, 0.29) is 6.10 Å². The summed E-state index contributed by atoms with van der Waals surface area (Å²) >= 11 is 0. The van der Waals surface area contributed by atoms with Crippen molar-refractivity contribution < 1.29 is 9.15 Å². The van der Waals surface area contributed by atoms with Gasteiger partial charge >= 0.3 is 0 Å². The molecule has 0 saturated carbocycles. The highest BCUT2D eigenvalue weighted by Gasteiger charge is 2.19. The van der Waals surface area contributed by atoms with E-state index in [9.17, 15) is 0 Å². The van der Waals surface area contributed by atoms with Crippen molar-refractivity contribution in [3.8, 4) is 17.3 Å². The molecule has 0 aliphatic carbocycles. The lowest BCUT2D eigenvalue weighted by Gasteiger charge is -2.23. The van der Waals surface area contributed by atoms with E-state index in [0.29, 0.717) is 17.3 Å². The maximum absolute atomic E-state index is 5.94. The summed E-state index contributed by atoms with van der Waals surface area (Å²) in [6.07, 6.45) is 7.10. The van der Waals surface area contributed by atoms with Crippen LogP contribution in [-0.2, 0) is 0 Å². The lowest BCUT2D eigenvalue weighted by molar-refractivity contribution is 0.156. The van der Waals surface area contributed by atoms with Gasteiger partial charge < -0.3 is 14.5 Å². The number of nitrogens with one attached hydrogen (secondary N) is 1. The number of ether oxygens (including phenoxy) is 1. The summed E-state index contributed by atoms with van der Waals surface area (Å²) in [5.41, 5.74) is 0.668. The monoisotopic (exact) mass is 245 g/mol. The Hall–Kier alpha value is -1.88. The molecule has 0 atom stereocenters. The fourth-order valence-corrected chi connectivity index (χ4v) is 2.06. The summed E-state index contributed by atoms with van der Waals surface area (Å²) in [5, 5.41) is 3.31. The third-order valence-corrected chi connectivity index (χ3v) is 2.98. The molecule has 0 spiro atoms. The second kappa shape index (κ2) is 5.18. The summed E-state index contributed by atoms with van der Waals surface area (Å²) in [5.74, 6) is 1.24. The minimum Gasteiger partial charge on any atom is -0.473 e. The second-order valence-corrected chi connectivity index (χ2v) is 4.25. The molecule has 94 valence electrons. The summed E-state index contributed by atoms with van der Waals surface area (Å²) in [6, 6.07) is 3.69. The Bertz CT molecular complexity index is 493. The van der Waals surface area contributed by atoms with E-state index in [4.69, 9.17) is 9.15 Å². The van der Waals surface area contributed by atoms with Crippen molar-refractivity contribution in [2.24, 2.45) is 0 Å². The predicted molar refractivity (Wildman–Crippen MR) is 66.3 cm³/mol. The SMILES string of the molecule is c1coc(-c2nccnc2OC2CCNCC2)c1. The van der Waals surface area contributed by atoms with Gasteiger partial charge in [-0.1, -0.05) is 0 Å². The molecule has 1 saturated heterocycles. The van der Waals surface area contributed by atoms with Gasteiger partial charge in [-0.25, -0.2) is 9.97 Å². The first-order chi connectivity index (χ1) is 8.93. The van der Waals surface area contributed by atoms with Gasteiger partial charge in [0, 0.05) is 12.4 Å². The Balaban J connectivity index is 1.83. The smallest absolute Gasteiger partial charge is 0.244 e. The van der Waals surface area contributed by atoms with Crippen LogP contribution in [-0.4, -0.2) is 29.2 Å². The fourth-order valence-electron chi connectivity index (χ4n) is 2.06. The Morgan fingerprint density at radius 2 is 2.06 bits per heavy atom. The Morgan fingerprint density at radius 3 is 2.83 bits per heavy atom. The number of nitrogens with zero attached hydrogens (tertiary/aromatic N) is 2. The number of hydrogen-bond donors (Lipinski definition) is 1. The van der Waals surface area contributed by atoms with E-state index in [1.54, 1.807) is 18.7 Å². The van der Waals surface area contributed by atoms with Gasteiger partial charge in [0.05, 0.1) is 6.26 Å². The minimum atomic E-state index is 0.205. The molecular weight excluding hydrogens is 230 g/mol. The van der Waals surface area contributed by atoms with Crippen LogP contribution in [0.15, 0.2) is 35.2 Å². The van der Waals surface area contributed by atoms with Gasteiger partial charge in [0.25, 0.3) is 0 Å².